The van der Waals surface area contributed by atoms with Crippen molar-refractivity contribution in [1.29, 1.82) is 0 Å². The van der Waals surface area contributed by atoms with Crippen molar-refractivity contribution in [2.45, 2.75) is 52.0 Å². The number of hydrogen-bond acceptors (Lipinski definition) is 6. The van der Waals surface area contributed by atoms with Crippen LogP contribution in [0.1, 0.15) is 63.1 Å². The lowest BCUT2D eigenvalue weighted by Crippen LogP contribution is -2.34. The van der Waals surface area contributed by atoms with Crippen molar-refractivity contribution >= 4 is 34.7 Å². The molecule has 37 heavy (non-hydrogen) atoms. The first kappa shape index (κ1) is 28.3. The Labute approximate surface area is 222 Å². The molecule has 0 saturated carbocycles. The fourth-order valence-electron chi connectivity index (χ4n) is 4.65. The van der Waals surface area contributed by atoms with Crippen molar-refractivity contribution in [1.82, 2.24) is 9.80 Å². The fourth-order valence-corrected chi connectivity index (χ4v) is 4.77. The van der Waals surface area contributed by atoms with E-state index in [9.17, 15) is 24.8 Å². The summed E-state index contributed by atoms with van der Waals surface area (Å²) >= 11 is 5.97. The number of nitrogens with zero attached hydrogens (tertiary/aromatic N) is 3. The number of benzene rings is 2. The van der Waals surface area contributed by atoms with Gasteiger partial charge in [-0.15, -0.1) is 0 Å². The molecule has 1 aliphatic rings. The molecule has 1 N–H and O–H groups in total. The summed E-state index contributed by atoms with van der Waals surface area (Å²) in [6, 6.07) is 11.2. The quantitative estimate of drug-likeness (QED) is 0.113. The van der Waals surface area contributed by atoms with Gasteiger partial charge in [0, 0.05) is 23.2 Å². The lowest BCUT2D eigenvalue weighted by atomic mass is 9.94. The number of nitro groups is 1. The highest BCUT2D eigenvalue weighted by Crippen LogP contribution is 2.42. The molecule has 0 spiro atoms. The molecule has 2 aromatic rings. The standard InChI is InChI=1S/C28H34ClN3O5/c1-3-5-16-30(17-6-4-2)18-9-19-31-25(22-10-7-8-11-23(22)32(36)37)24(27(34)28(31)35)26(33)20-12-14-21(29)15-13-20/h7-8,10-15,25,33H,3-6,9,16-19H2,1-2H3/t25-/m0/s1. The van der Waals surface area contributed by atoms with Crippen molar-refractivity contribution < 1.29 is 19.6 Å². The Morgan fingerprint density at radius 1 is 1.00 bits per heavy atom. The van der Waals surface area contributed by atoms with Crippen LogP contribution in [-0.4, -0.2) is 57.7 Å². The van der Waals surface area contributed by atoms with E-state index in [1.165, 1.54) is 23.1 Å². The summed E-state index contributed by atoms with van der Waals surface area (Å²) in [6.07, 6.45) is 4.91. The first-order valence-electron chi connectivity index (χ1n) is 12.8. The van der Waals surface area contributed by atoms with Crippen LogP contribution in [0.2, 0.25) is 5.02 Å². The first-order chi connectivity index (χ1) is 17.8. The minimum atomic E-state index is -1.07. The van der Waals surface area contributed by atoms with E-state index in [2.05, 4.69) is 18.7 Å². The Morgan fingerprint density at radius 3 is 2.19 bits per heavy atom. The summed E-state index contributed by atoms with van der Waals surface area (Å²) in [6.45, 7) is 7.17. The Kier molecular flexibility index (Phi) is 10.2. The molecule has 1 heterocycles. The normalized spacial score (nSPS) is 17.1. The van der Waals surface area contributed by atoms with Gasteiger partial charge < -0.3 is 14.9 Å². The number of carbonyl (C=O) groups is 2. The van der Waals surface area contributed by atoms with Crippen LogP contribution in [0.4, 0.5) is 5.69 Å². The number of unbranched alkanes of at least 4 members (excludes halogenated alkanes) is 2. The molecule has 8 nitrogen and oxygen atoms in total. The second-order valence-electron chi connectivity index (χ2n) is 9.22. The maximum atomic E-state index is 13.2. The van der Waals surface area contributed by atoms with Gasteiger partial charge in [-0.2, -0.15) is 0 Å². The van der Waals surface area contributed by atoms with E-state index in [0.29, 0.717) is 17.0 Å². The van der Waals surface area contributed by atoms with E-state index in [1.807, 2.05) is 0 Å². The summed E-state index contributed by atoms with van der Waals surface area (Å²) in [5.74, 6) is -2.01. The number of ketones is 1. The summed E-state index contributed by atoms with van der Waals surface area (Å²) in [5.41, 5.74) is 0.122. The predicted octanol–water partition coefficient (Wildman–Crippen LogP) is 5.96. The van der Waals surface area contributed by atoms with Crippen molar-refractivity contribution in [2.75, 3.05) is 26.2 Å². The van der Waals surface area contributed by atoms with Crippen LogP contribution in [-0.2, 0) is 9.59 Å². The van der Waals surface area contributed by atoms with Crippen LogP contribution >= 0.6 is 11.6 Å². The Hall–Kier alpha value is -3.23. The minimum absolute atomic E-state index is 0.157. The Bertz CT molecular complexity index is 1140. The maximum absolute atomic E-state index is 13.2. The molecule has 3 rings (SSSR count). The molecule has 1 atom stereocenters. The van der Waals surface area contributed by atoms with E-state index in [4.69, 9.17) is 11.6 Å². The van der Waals surface area contributed by atoms with Gasteiger partial charge in [-0.3, -0.25) is 19.7 Å². The van der Waals surface area contributed by atoms with Gasteiger partial charge in [0.1, 0.15) is 5.76 Å². The van der Waals surface area contributed by atoms with Crippen molar-refractivity contribution in [3.05, 3.63) is 80.4 Å². The van der Waals surface area contributed by atoms with Gasteiger partial charge in [-0.25, -0.2) is 0 Å². The number of rotatable bonds is 13. The van der Waals surface area contributed by atoms with Gasteiger partial charge in [0.15, 0.2) is 0 Å². The molecule has 2 aromatic carbocycles. The molecule has 0 radical (unpaired) electrons. The van der Waals surface area contributed by atoms with Crippen LogP contribution in [0.15, 0.2) is 54.1 Å². The maximum Gasteiger partial charge on any atom is 0.295 e. The molecular weight excluding hydrogens is 494 g/mol. The van der Waals surface area contributed by atoms with Crippen molar-refractivity contribution in [2.24, 2.45) is 0 Å². The zero-order chi connectivity index (χ0) is 26.9. The molecule has 0 aliphatic carbocycles. The number of carbonyl (C=O) groups excluding carboxylic acids is 2. The van der Waals surface area contributed by atoms with Crippen molar-refractivity contribution in [3.63, 3.8) is 0 Å². The van der Waals surface area contributed by atoms with Crippen molar-refractivity contribution in [3.8, 4) is 0 Å². The summed E-state index contributed by atoms with van der Waals surface area (Å²) in [4.78, 5) is 41.5. The number of aliphatic hydroxyl groups excluding tert-OH is 1. The number of aliphatic hydroxyl groups is 1. The van der Waals surface area contributed by atoms with Crippen LogP contribution in [0.3, 0.4) is 0 Å². The molecule has 1 aliphatic heterocycles. The largest absolute Gasteiger partial charge is 0.507 e. The third-order valence-electron chi connectivity index (χ3n) is 6.61. The highest BCUT2D eigenvalue weighted by molar-refractivity contribution is 6.46. The number of amides is 1. The number of halogens is 1. The minimum Gasteiger partial charge on any atom is -0.507 e. The Balaban J connectivity index is 1.99. The van der Waals surface area contributed by atoms with E-state index in [-0.39, 0.29) is 29.1 Å². The van der Waals surface area contributed by atoms with Gasteiger partial charge in [0.05, 0.1) is 22.1 Å². The number of para-hydroxylation sites is 1. The van der Waals surface area contributed by atoms with Crippen LogP contribution < -0.4 is 0 Å². The molecular formula is C28H34ClN3O5. The van der Waals surface area contributed by atoms with Gasteiger partial charge >= 0.3 is 0 Å². The molecule has 0 bridgehead atoms. The second-order valence-corrected chi connectivity index (χ2v) is 9.65. The second kappa shape index (κ2) is 13.4. The third-order valence-corrected chi connectivity index (χ3v) is 6.87. The first-order valence-corrected chi connectivity index (χ1v) is 13.2. The van der Waals surface area contributed by atoms with E-state index in [0.717, 1.165) is 45.3 Å². The topological polar surface area (TPSA) is 104 Å². The number of likely N-dealkylation sites (tertiary alicyclic amines) is 1. The van der Waals surface area contributed by atoms with Gasteiger partial charge in [0.2, 0.25) is 0 Å². The predicted molar refractivity (Wildman–Crippen MR) is 144 cm³/mol. The van der Waals surface area contributed by atoms with Gasteiger partial charge in [-0.05, 0) is 69.2 Å². The van der Waals surface area contributed by atoms with Gasteiger partial charge in [-0.1, -0.05) is 50.4 Å². The zero-order valence-electron chi connectivity index (χ0n) is 21.4. The summed E-state index contributed by atoms with van der Waals surface area (Å²) < 4.78 is 0. The summed E-state index contributed by atoms with van der Waals surface area (Å²) in [7, 11) is 0. The van der Waals surface area contributed by atoms with Crippen LogP contribution in [0.25, 0.3) is 5.76 Å². The summed E-state index contributed by atoms with van der Waals surface area (Å²) in [5, 5.41) is 23.4. The molecule has 9 heteroatoms. The smallest absolute Gasteiger partial charge is 0.295 e. The molecule has 1 fully saturated rings. The lowest BCUT2D eigenvalue weighted by Gasteiger charge is -2.27. The molecule has 0 aromatic heterocycles. The lowest BCUT2D eigenvalue weighted by molar-refractivity contribution is -0.385. The SMILES string of the molecule is CCCCN(CCCC)CCCN1C(=O)C(=O)C(=C(O)c2ccc(Cl)cc2)[C@@H]1c1ccccc1[N+](=O)[O-]. The Morgan fingerprint density at radius 2 is 1.59 bits per heavy atom. The van der Waals surface area contributed by atoms with E-state index < -0.39 is 22.7 Å². The molecule has 1 amide bonds. The average molecular weight is 528 g/mol. The zero-order valence-corrected chi connectivity index (χ0v) is 22.1. The van der Waals surface area contributed by atoms with E-state index >= 15 is 0 Å². The highest BCUT2D eigenvalue weighted by atomic mass is 35.5. The third kappa shape index (κ3) is 6.76. The number of Topliss-reactive ketones (excluding diaryl/α,β-unsaturated/α-hetero) is 1. The molecule has 0 unspecified atom stereocenters. The van der Waals surface area contributed by atoms with Crippen LogP contribution in [0, 0.1) is 10.1 Å². The molecule has 198 valence electrons. The highest BCUT2D eigenvalue weighted by Gasteiger charge is 2.47. The fraction of sp³-hybridized carbons (Fsp3) is 0.429. The van der Waals surface area contributed by atoms with Crippen LogP contribution in [0.5, 0.6) is 0 Å². The number of nitro benzene ring substituents is 1. The number of hydrogen-bond donors (Lipinski definition) is 1. The average Bonchev–Trinajstić information content (AvgIpc) is 3.14. The molecule has 1 saturated heterocycles. The monoisotopic (exact) mass is 527 g/mol. The van der Waals surface area contributed by atoms with E-state index in [1.54, 1.807) is 30.3 Å². The van der Waals surface area contributed by atoms with Gasteiger partial charge in [0.25, 0.3) is 17.4 Å².